The van der Waals surface area contributed by atoms with E-state index in [1.165, 1.54) is 26.8 Å². The number of carbonyl (C=O) groups excluding carboxylic acids is 1. The topological polar surface area (TPSA) is 132 Å². The number of aromatic nitrogens is 4. The minimum atomic E-state index is -3.70. The number of anilines is 2. The molecule has 2 aromatic rings. The standard InChI is InChI=1S/C18H25N7O5S2/c1-23-18(20-21-22-23)31-13-17(26)19-15-12-14(32(27,28)25-6-10-30-11-7-25)2-3-16(15)24-4-8-29-9-5-24/h2-3,12H,4-11,13H2,1H3,(H,19,26). The Labute approximate surface area is 190 Å². The van der Waals surface area contributed by atoms with E-state index in [9.17, 15) is 13.2 Å². The molecule has 0 radical (unpaired) electrons. The number of aryl methyl sites for hydroxylation is 1. The highest BCUT2D eigenvalue weighted by molar-refractivity contribution is 7.99. The van der Waals surface area contributed by atoms with Gasteiger partial charge in [0.05, 0.1) is 48.5 Å². The van der Waals surface area contributed by atoms with Crippen molar-refractivity contribution in [3.63, 3.8) is 0 Å². The average molecular weight is 484 g/mol. The Kier molecular flexibility index (Phi) is 7.25. The Morgan fingerprint density at radius 1 is 1.12 bits per heavy atom. The number of sulfonamides is 1. The predicted molar refractivity (Wildman–Crippen MR) is 117 cm³/mol. The summed E-state index contributed by atoms with van der Waals surface area (Å²) in [5.74, 6) is -0.203. The molecule has 12 nitrogen and oxygen atoms in total. The summed E-state index contributed by atoms with van der Waals surface area (Å²) in [6.45, 7) is 3.77. The first kappa shape index (κ1) is 22.9. The van der Waals surface area contributed by atoms with Crippen molar-refractivity contribution in [3.8, 4) is 0 Å². The number of hydrogen-bond donors (Lipinski definition) is 1. The number of rotatable bonds is 7. The summed E-state index contributed by atoms with van der Waals surface area (Å²) in [6.07, 6.45) is 0. The minimum absolute atomic E-state index is 0.0806. The number of benzene rings is 1. The van der Waals surface area contributed by atoms with Gasteiger partial charge in [-0.25, -0.2) is 13.1 Å². The van der Waals surface area contributed by atoms with Gasteiger partial charge in [0.1, 0.15) is 0 Å². The van der Waals surface area contributed by atoms with Gasteiger partial charge in [-0.05, 0) is 28.6 Å². The second-order valence-corrected chi connectivity index (χ2v) is 10.1. The van der Waals surface area contributed by atoms with Gasteiger partial charge in [-0.2, -0.15) is 4.31 Å². The van der Waals surface area contributed by atoms with Gasteiger partial charge in [0.15, 0.2) is 0 Å². The monoisotopic (exact) mass is 483 g/mol. The number of hydrogen-bond acceptors (Lipinski definition) is 10. The molecule has 1 aromatic heterocycles. The molecule has 0 bridgehead atoms. The van der Waals surface area contributed by atoms with Crippen molar-refractivity contribution in [1.82, 2.24) is 24.5 Å². The third-order valence-corrected chi connectivity index (χ3v) is 8.02. The van der Waals surface area contributed by atoms with Crippen LogP contribution in [0.4, 0.5) is 11.4 Å². The van der Waals surface area contributed by atoms with E-state index in [4.69, 9.17) is 9.47 Å². The molecule has 174 valence electrons. The Morgan fingerprint density at radius 3 is 2.47 bits per heavy atom. The maximum Gasteiger partial charge on any atom is 0.243 e. The lowest BCUT2D eigenvalue weighted by atomic mass is 10.2. The zero-order valence-corrected chi connectivity index (χ0v) is 19.3. The summed E-state index contributed by atoms with van der Waals surface area (Å²) in [4.78, 5) is 14.9. The number of nitrogens with zero attached hydrogens (tertiary/aromatic N) is 6. The van der Waals surface area contributed by atoms with Crippen LogP contribution in [-0.2, 0) is 31.3 Å². The number of amides is 1. The van der Waals surface area contributed by atoms with Gasteiger partial charge >= 0.3 is 0 Å². The fourth-order valence-corrected chi connectivity index (χ4v) is 5.54. The number of nitrogens with one attached hydrogen (secondary N) is 1. The number of thioether (sulfide) groups is 1. The van der Waals surface area contributed by atoms with Crippen molar-refractivity contribution in [2.45, 2.75) is 10.1 Å². The Bertz CT molecular complexity index is 1050. The van der Waals surface area contributed by atoms with Crippen LogP contribution in [0.15, 0.2) is 28.3 Å². The quantitative estimate of drug-likeness (QED) is 0.528. The number of tetrazole rings is 1. The van der Waals surface area contributed by atoms with Gasteiger partial charge in [0.25, 0.3) is 0 Å². The van der Waals surface area contributed by atoms with E-state index >= 15 is 0 Å². The molecule has 3 heterocycles. The Morgan fingerprint density at radius 2 is 1.81 bits per heavy atom. The van der Waals surface area contributed by atoms with Gasteiger partial charge in [-0.1, -0.05) is 11.8 Å². The Balaban J connectivity index is 1.57. The maximum atomic E-state index is 13.1. The predicted octanol–water partition coefficient (Wildman–Crippen LogP) is -0.202. The van der Waals surface area contributed by atoms with Gasteiger partial charge in [-0.15, -0.1) is 5.10 Å². The van der Waals surface area contributed by atoms with E-state index in [2.05, 4.69) is 25.7 Å². The number of ether oxygens (including phenoxy) is 2. The second-order valence-electron chi connectivity index (χ2n) is 7.22. The zero-order chi connectivity index (χ0) is 22.6. The third kappa shape index (κ3) is 5.20. The van der Waals surface area contributed by atoms with Crippen LogP contribution in [0.5, 0.6) is 0 Å². The van der Waals surface area contributed by atoms with E-state index in [0.717, 1.165) is 5.69 Å². The molecular weight excluding hydrogens is 458 g/mol. The molecule has 0 saturated carbocycles. The van der Waals surface area contributed by atoms with Gasteiger partial charge < -0.3 is 19.7 Å². The fourth-order valence-electron chi connectivity index (χ4n) is 3.45. The molecule has 2 fully saturated rings. The normalized spacial score (nSPS) is 18.0. The lowest BCUT2D eigenvalue weighted by Gasteiger charge is -2.31. The molecule has 2 saturated heterocycles. The lowest BCUT2D eigenvalue weighted by molar-refractivity contribution is -0.113. The van der Waals surface area contributed by atoms with Crippen LogP contribution in [0.3, 0.4) is 0 Å². The summed E-state index contributed by atoms with van der Waals surface area (Å²) in [5.41, 5.74) is 1.20. The highest BCUT2D eigenvalue weighted by Gasteiger charge is 2.28. The summed E-state index contributed by atoms with van der Waals surface area (Å²) < 4.78 is 39.8. The van der Waals surface area contributed by atoms with Crippen molar-refractivity contribution in [2.75, 3.05) is 68.6 Å². The van der Waals surface area contributed by atoms with E-state index in [-0.39, 0.29) is 16.6 Å². The molecule has 2 aliphatic heterocycles. The summed E-state index contributed by atoms with van der Waals surface area (Å²) >= 11 is 1.20. The average Bonchev–Trinajstić information content (AvgIpc) is 3.23. The smallest absolute Gasteiger partial charge is 0.243 e. The molecular formula is C18H25N7O5S2. The van der Waals surface area contributed by atoms with Gasteiger partial charge in [0.2, 0.25) is 21.1 Å². The van der Waals surface area contributed by atoms with Crippen LogP contribution >= 0.6 is 11.8 Å². The second kappa shape index (κ2) is 10.1. The fraction of sp³-hybridized carbons (Fsp3) is 0.556. The first-order valence-corrected chi connectivity index (χ1v) is 12.6. The van der Waals surface area contributed by atoms with Crippen molar-refractivity contribution < 1.29 is 22.7 Å². The SMILES string of the molecule is Cn1nnnc1SCC(=O)Nc1cc(S(=O)(=O)N2CCOCC2)ccc1N1CCOCC1. The highest BCUT2D eigenvalue weighted by atomic mass is 32.2. The van der Waals surface area contributed by atoms with Crippen LogP contribution in [0, 0.1) is 0 Å². The van der Waals surface area contributed by atoms with Crippen LogP contribution in [-0.4, -0.2) is 97.2 Å². The van der Waals surface area contributed by atoms with Crippen molar-refractivity contribution in [1.29, 1.82) is 0 Å². The summed E-state index contributed by atoms with van der Waals surface area (Å²) in [7, 11) is -2.01. The molecule has 0 aliphatic carbocycles. The van der Waals surface area contributed by atoms with Crippen molar-refractivity contribution in [3.05, 3.63) is 18.2 Å². The van der Waals surface area contributed by atoms with E-state index in [0.29, 0.717) is 63.5 Å². The number of morpholine rings is 2. The molecule has 1 aromatic carbocycles. The first-order valence-electron chi connectivity index (χ1n) is 10.1. The lowest BCUT2D eigenvalue weighted by Crippen LogP contribution is -2.40. The summed E-state index contributed by atoms with van der Waals surface area (Å²) in [5, 5.41) is 14.5. The van der Waals surface area contributed by atoms with Crippen LogP contribution in [0.25, 0.3) is 0 Å². The molecule has 0 unspecified atom stereocenters. The van der Waals surface area contributed by atoms with Gasteiger partial charge in [0, 0.05) is 33.2 Å². The molecule has 14 heteroatoms. The van der Waals surface area contributed by atoms with Crippen LogP contribution in [0.1, 0.15) is 0 Å². The van der Waals surface area contributed by atoms with E-state index in [1.807, 2.05) is 0 Å². The first-order chi connectivity index (χ1) is 15.4. The number of carbonyl (C=O) groups is 1. The van der Waals surface area contributed by atoms with Crippen molar-refractivity contribution >= 4 is 39.1 Å². The molecule has 0 spiro atoms. The maximum absolute atomic E-state index is 13.1. The molecule has 32 heavy (non-hydrogen) atoms. The third-order valence-electron chi connectivity index (χ3n) is 5.12. The largest absolute Gasteiger partial charge is 0.379 e. The molecule has 1 amide bonds. The van der Waals surface area contributed by atoms with E-state index < -0.39 is 10.0 Å². The zero-order valence-electron chi connectivity index (χ0n) is 17.6. The van der Waals surface area contributed by atoms with E-state index in [1.54, 1.807) is 19.2 Å². The molecule has 2 aliphatic rings. The Hall–Kier alpha value is -2.26. The highest BCUT2D eigenvalue weighted by Crippen LogP contribution is 2.31. The molecule has 0 atom stereocenters. The molecule has 1 N–H and O–H groups in total. The summed E-state index contributed by atoms with van der Waals surface area (Å²) in [6, 6.07) is 4.86. The van der Waals surface area contributed by atoms with Gasteiger partial charge in [-0.3, -0.25) is 4.79 Å². The van der Waals surface area contributed by atoms with Crippen LogP contribution < -0.4 is 10.2 Å². The van der Waals surface area contributed by atoms with Crippen molar-refractivity contribution in [2.24, 2.45) is 7.05 Å². The van der Waals surface area contributed by atoms with Crippen LogP contribution in [0.2, 0.25) is 0 Å². The minimum Gasteiger partial charge on any atom is -0.379 e. The molecule has 4 rings (SSSR count).